The van der Waals surface area contributed by atoms with Crippen LogP contribution in [0.25, 0.3) is 0 Å². The van der Waals surface area contributed by atoms with Gasteiger partial charge in [-0.3, -0.25) is 9.59 Å². The summed E-state index contributed by atoms with van der Waals surface area (Å²) in [6.45, 7) is 3.75. The molecule has 148 valence electrons. The average Bonchev–Trinajstić information content (AvgIpc) is 3.24. The van der Waals surface area contributed by atoms with Crippen LogP contribution in [0.5, 0.6) is 5.75 Å². The summed E-state index contributed by atoms with van der Waals surface area (Å²) >= 11 is 0. The molecular formula is C22H26N2O4. The van der Waals surface area contributed by atoms with Gasteiger partial charge in [-0.2, -0.15) is 0 Å². The van der Waals surface area contributed by atoms with Gasteiger partial charge in [0.05, 0.1) is 29.5 Å². The second-order valence-corrected chi connectivity index (χ2v) is 6.69. The lowest BCUT2D eigenvalue weighted by Gasteiger charge is -2.15. The summed E-state index contributed by atoms with van der Waals surface area (Å²) in [6, 6.07) is 14.1. The first kappa shape index (κ1) is 19.9. The molecule has 2 aromatic rings. The van der Waals surface area contributed by atoms with Gasteiger partial charge in [-0.25, -0.2) is 0 Å². The fraction of sp³-hybridized carbons (Fsp3) is 0.364. The van der Waals surface area contributed by atoms with E-state index in [2.05, 4.69) is 10.6 Å². The number of carbonyl (C=O) groups is 2. The SMILES string of the molecule is CCCOc1ccccc1C(=O)Nc1ccccc1C(=O)NC[C@@H]1CCCO1. The molecule has 2 aromatic carbocycles. The van der Waals surface area contributed by atoms with Gasteiger partial charge in [0, 0.05) is 13.2 Å². The van der Waals surface area contributed by atoms with E-state index in [-0.39, 0.29) is 17.9 Å². The third-order valence-electron chi connectivity index (χ3n) is 4.53. The molecule has 1 atom stereocenters. The molecule has 1 heterocycles. The Bertz CT molecular complexity index is 816. The van der Waals surface area contributed by atoms with Crippen LogP contribution in [0.2, 0.25) is 0 Å². The predicted octanol–water partition coefficient (Wildman–Crippen LogP) is 3.64. The van der Waals surface area contributed by atoms with Crippen molar-refractivity contribution < 1.29 is 19.1 Å². The van der Waals surface area contributed by atoms with E-state index in [9.17, 15) is 9.59 Å². The Balaban J connectivity index is 1.70. The maximum Gasteiger partial charge on any atom is 0.259 e. The molecule has 1 fully saturated rings. The first-order valence-electron chi connectivity index (χ1n) is 9.71. The lowest BCUT2D eigenvalue weighted by Crippen LogP contribution is -2.32. The largest absolute Gasteiger partial charge is 0.493 e. The fourth-order valence-corrected chi connectivity index (χ4v) is 3.08. The summed E-state index contributed by atoms with van der Waals surface area (Å²) in [5.74, 6) is -0.0184. The highest BCUT2D eigenvalue weighted by Gasteiger charge is 2.19. The van der Waals surface area contributed by atoms with E-state index in [0.29, 0.717) is 35.7 Å². The van der Waals surface area contributed by atoms with Crippen LogP contribution in [0.3, 0.4) is 0 Å². The highest BCUT2D eigenvalue weighted by Crippen LogP contribution is 2.22. The molecule has 0 bridgehead atoms. The van der Waals surface area contributed by atoms with Gasteiger partial charge in [-0.05, 0) is 43.5 Å². The van der Waals surface area contributed by atoms with Crippen LogP contribution in [0.15, 0.2) is 48.5 Å². The van der Waals surface area contributed by atoms with E-state index in [0.717, 1.165) is 25.9 Å². The minimum Gasteiger partial charge on any atom is -0.493 e. The Morgan fingerprint density at radius 3 is 2.57 bits per heavy atom. The summed E-state index contributed by atoms with van der Waals surface area (Å²) < 4.78 is 11.2. The minimum absolute atomic E-state index is 0.0632. The molecule has 28 heavy (non-hydrogen) atoms. The number of hydrogen-bond donors (Lipinski definition) is 2. The Kier molecular flexibility index (Phi) is 7.03. The fourth-order valence-electron chi connectivity index (χ4n) is 3.08. The Morgan fingerprint density at radius 2 is 1.82 bits per heavy atom. The van der Waals surface area contributed by atoms with E-state index >= 15 is 0 Å². The maximum atomic E-state index is 12.8. The van der Waals surface area contributed by atoms with Gasteiger partial charge in [0.25, 0.3) is 11.8 Å². The minimum atomic E-state index is -0.314. The monoisotopic (exact) mass is 382 g/mol. The second-order valence-electron chi connectivity index (χ2n) is 6.69. The number of para-hydroxylation sites is 2. The molecule has 1 aliphatic rings. The average molecular weight is 382 g/mol. The third-order valence-corrected chi connectivity index (χ3v) is 4.53. The molecule has 1 aliphatic heterocycles. The quantitative estimate of drug-likeness (QED) is 0.731. The van der Waals surface area contributed by atoms with E-state index in [1.54, 1.807) is 42.5 Å². The van der Waals surface area contributed by atoms with Crippen LogP contribution in [-0.2, 0) is 4.74 Å². The molecule has 0 saturated carbocycles. The Morgan fingerprint density at radius 1 is 1.07 bits per heavy atom. The predicted molar refractivity (Wildman–Crippen MR) is 108 cm³/mol. The van der Waals surface area contributed by atoms with E-state index < -0.39 is 0 Å². The number of carbonyl (C=O) groups excluding carboxylic acids is 2. The van der Waals surface area contributed by atoms with Gasteiger partial charge in [-0.15, -0.1) is 0 Å². The van der Waals surface area contributed by atoms with Crippen molar-refractivity contribution in [1.82, 2.24) is 5.32 Å². The van der Waals surface area contributed by atoms with E-state index in [4.69, 9.17) is 9.47 Å². The van der Waals surface area contributed by atoms with Crippen molar-refractivity contribution in [3.05, 3.63) is 59.7 Å². The zero-order chi connectivity index (χ0) is 19.8. The molecule has 0 aromatic heterocycles. The number of anilines is 1. The number of benzene rings is 2. The first-order valence-corrected chi connectivity index (χ1v) is 9.71. The van der Waals surface area contributed by atoms with Gasteiger partial charge in [-0.1, -0.05) is 31.2 Å². The highest BCUT2D eigenvalue weighted by molar-refractivity contribution is 6.10. The normalized spacial score (nSPS) is 15.8. The molecule has 2 N–H and O–H groups in total. The Hall–Kier alpha value is -2.86. The lowest BCUT2D eigenvalue weighted by molar-refractivity contribution is 0.0858. The maximum absolute atomic E-state index is 12.8. The van der Waals surface area contributed by atoms with Crippen molar-refractivity contribution in [3.8, 4) is 5.75 Å². The molecule has 0 aliphatic carbocycles. The summed E-state index contributed by atoms with van der Waals surface area (Å²) in [4.78, 5) is 25.4. The molecule has 2 amide bonds. The topological polar surface area (TPSA) is 76.7 Å². The number of ether oxygens (including phenoxy) is 2. The van der Waals surface area contributed by atoms with E-state index in [1.807, 2.05) is 13.0 Å². The summed E-state index contributed by atoms with van der Waals surface area (Å²) in [6.07, 6.45) is 2.89. The van der Waals surface area contributed by atoms with Crippen molar-refractivity contribution in [2.75, 3.05) is 25.1 Å². The number of amides is 2. The molecule has 0 spiro atoms. The number of rotatable bonds is 8. The zero-order valence-corrected chi connectivity index (χ0v) is 16.1. The van der Waals surface area contributed by atoms with Crippen molar-refractivity contribution in [2.45, 2.75) is 32.3 Å². The van der Waals surface area contributed by atoms with Gasteiger partial charge < -0.3 is 20.1 Å². The van der Waals surface area contributed by atoms with Gasteiger partial charge >= 0.3 is 0 Å². The molecule has 6 heteroatoms. The smallest absolute Gasteiger partial charge is 0.259 e. The van der Waals surface area contributed by atoms with E-state index in [1.165, 1.54) is 0 Å². The van der Waals surface area contributed by atoms with Crippen molar-refractivity contribution in [1.29, 1.82) is 0 Å². The number of nitrogens with one attached hydrogen (secondary N) is 2. The highest BCUT2D eigenvalue weighted by atomic mass is 16.5. The first-order chi connectivity index (χ1) is 13.7. The van der Waals surface area contributed by atoms with Gasteiger partial charge in [0.1, 0.15) is 5.75 Å². The molecule has 1 saturated heterocycles. The number of hydrogen-bond acceptors (Lipinski definition) is 4. The van der Waals surface area contributed by atoms with Crippen LogP contribution in [0, 0.1) is 0 Å². The van der Waals surface area contributed by atoms with Crippen LogP contribution < -0.4 is 15.4 Å². The van der Waals surface area contributed by atoms with Crippen molar-refractivity contribution >= 4 is 17.5 Å². The lowest BCUT2D eigenvalue weighted by atomic mass is 10.1. The van der Waals surface area contributed by atoms with Crippen LogP contribution in [-0.4, -0.2) is 37.7 Å². The summed E-state index contributed by atoms with van der Waals surface area (Å²) in [5.41, 5.74) is 1.31. The summed E-state index contributed by atoms with van der Waals surface area (Å²) in [5, 5.41) is 5.74. The van der Waals surface area contributed by atoms with Gasteiger partial charge in [0.15, 0.2) is 0 Å². The molecular weight excluding hydrogens is 356 g/mol. The zero-order valence-electron chi connectivity index (χ0n) is 16.1. The molecule has 0 radical (unpaired) electrons. The van der Waals surface area contributed by atoms with Crippen molar-refractivity contribution in [2.24, 2.45) is 0 Å². The van der Waals surface area contributed by atoms with Crippen LogP contribution in [0.1, 0.15) is 46.9 Å². The molecule has 3 rings (SSSR count). The second kappa shape index (κ2) is 9.90. The summed E-state index contributed by atoms with van der Waals surface area (Å²) in [7, 11) is 0. The molecule has 0 unspecified atom stereocenters. The van der Waals surface area contributed by atoms with Gasteiger partial charge in [0.2, 0.25) is 0 Å². The molecule has 6 nitrogen and oxygen atoms in total. The van der Waals surface area contributed by atoms with Crippen LogP contribution >= 0.6 is 0 Å². The van der Waals surface area contributed by atoms with Crippen LogP contribution in [0.4, 0.5) is 5.69 Å². The van der Waals surface area contributed by atoms with Crippen molar-refractivity contribution in [3.63, 3.8) is 0 Å². The standard InChI is InChI=1S/C22H26N2O4/c1-2-13-28-20-12-6-4-10-18(20)22(26)24-19-11-5-3-9-17(19)21(25)23-15-16-8-7-14-27-16/h3-6,9-12,16H,2,7-8,13-15H2,1H3,(H,23,25)(H,24,26)/t16-/m0/s1. The third kappa shape index (κ3) is 5.10. The Labute approximate surface area is 165 Å².